The molecule has 4 aromatic rings. The maximum absolute atomic E-state index is 14.0. The SMILES string of the molecule is CCCCCCCCNc1ccc(C(=O)N(Cc2ccc(OCCCCCCCC)cc2)c2ccc(C(=O)Oc3ccccc3)cc2)cc1. The number of hydrogen-bond donors (Lipinski definition) is 1. The molecule has 6 nitrogen and oxygen atoms in total. The standard InChI is InChI=1S/C43H54N2O4/c1-3-5-7-9-11-16-32-44-38-26-22-36(23-27-38)42(46)45(34-35-20-30-40(31-21-35)48-33-17-12-10-8-6-4-2)39-28-24-37(25-29-39)43(47)49-41-18-14-13-15-19-41/h13-15,18-31,44H,3-12,16-17,32-34H2,1-2H3. The Bertz CT molecular complexity index is 1500. The van der Waals surface area contributed by atoms with Crippen molar-refractivity contribution in [2.24, 2.45) is 0 Å². The summed E-state index contributed by atoms with van der Waals surface area (Å²) in [5, 5.41) is 3.49. The summed E-state index contributed by atoms with van der Waals surface area (Å²) in [5.74, 6) is 0.750. The molecule has 0 radical (unpaired) electrons. The number of anilines is 2. The Labute approximate surface area is 293 Å². The minimum Gasteiger partial charge on any atom is -0.494 e. The predicted octanol–water partition coefficient (Wildman–Crippen LogP) is 11.3. The molecule has 0 fully saturated rings. The lowest BCUT2D eigenvalue weighted by Gasteiger charge is -2.24. The van der Waals surface area contributed by atoms with Crippen LogP contribution in [0.5, 0.6) is 11.5 Å². The molecule has 0 aliphatic heterocycles. The normalized spacial score (nSPS) is 10.8. The molecule has 0 saturated heterocycles. The summed E-state index contributed by atoms with van der Waals surface area (Å²) < 4.78 is 11.5. The minimum absolute atomic E-state index is 0.120. The zero-order valence-electron chi connectivity index (χ0n) is 29.5. The fourth-order valence-electron chi connectivity index (χ4n) is 5.68. The van der Waals surface area contributed by atoms with Crippen LogP contribution in [0.1, 0.15) is 117 Å². The topological polar surface area (TPSA) is 67.9 Å². The highest BCUT2D eigenvalue weighted by atomic mass is 16.5. The lowest BCUT2D eigenvalue weighted by molar-refractivity contribution is 0.0734. The highest BCUT2D eigenvalue weighted by molar-refractivity contribution is 6.06. The van der Waals surface area contributed by atoms with Gasteiger partial charge in [-0.15, -0.1) is 0 Å². The minimum atomic E-state index is -0.448. The number of rotatable bonds is 22. The van der Waals surface area contributed by atoms with E-state index in [4.69, 9.17) is 9.47 Å². The highest BCUT2D eigenvalue weighted by Gasteiger charge is 2.20. The van der Waals surface area contributed by atoms with Gasteiger partial charge in [-0.3, -0.25) is 4.79 Å². The third-order valence-corrected chi connectivity index (χ3v) is 8.64. The molecule has 4 rings (SSSR count). The summed E-state index contributed by atoms with van der Waals surface area (Å²) in [5.41, 5.74) is 3.68. The Balaban J connectivity index is 1.41. The molecule has 1 amide bonds. The van der Waals surface area contributed by atoms with E-state index >= 15 is 0 Å². The second kappa shape index (κ2) is 21.4. The summed E-state index contributed by atoms with van der Waals surface area (Å²) in [6, 6.07) is 31.7. The Morgan fingerprint density at radius 1 is 0.592 bits per heavy atom. The second-order valence-corrected chi connectivity index (χ2v) is 12.7. The van der Waals surface area contributed by atoms with Crippen LogP contribution >= 0.6 is 0 Å². The number of hydrogen-bond acceptors (Lipinski definition) is 5. The van der Waals surface area contributed by atoms with Crippen molar-refractivity contribution in [3.8, 4) is 11.5 Å². The van der Waals surface area contributed by atoms with Crippen molar-refractivity contribution in [2.45, 2.75) is 97.4 Å². The van der Waals surface area contributed by atoms with Gasteiger partial charge in [0, 0.05) is 23.5 Å². The fourth-order valence-corrected chi connectivity index (χ4v) is 5.68. The lowest BCUT2D eigenvalue weighted by atomic mass is 10.1. The van der Waals surface area contributed by atoms with Crippen molar-refractivity contribution in [1.29, 1.82) is 0 Å². The summed E-state index contributed by atoms with van der Waals surface area (Å²) in [6.07, 6.45) is 14.9. The van der Waals surface area contributed by atoms with Crippen LogP contribution < -0.4 is 19.7 Å². The molecule has 4 aromatic carbocycles. The molecule has 0 aromatic heterocycles. The van der Waals surface area contributed by atoms with E-state index < -0.39 is 5.97 Å². The molecule has 0 heterocycles. The molecule has 0 spiro atoms. The number of nitrogens with one attached hydrogen (secondary N) is 1. The molecule has 1 N–H and O–H groups in total. The van der Waals surface area contributed by atoms with Crippen molar-refractivity contribution in [3.05, 3.63) is 120 Å². The monoisotopic (exact) mass is 662 g/mol. The van der Waals surface area contributed by atoms with Crippen LogP contribution in [0.25, 0.3) is 0 Å². The number of carbonyl (C=O) groups excluding carboxylic acids is 2. The van der Waals surface area contributed by atoms with Crippen molar-refractivity contribution >= 4 is 23.3 Å². The number of amides is 1. The third-order valence-electron chi connectivity index (χ3n) is 8.64. The number of esters is 1. The number of nitrogens with zero attached hydrogens (tertiary/aromatic N) is 1. The fraction of sp³-hybridized carbons (Fsp3) is 0.395. The van der Waals surface area contributed by atoms with Crippen LogP contribution in [0.15, 0.2) is 103 Å². The zero-order chi connectivity index (χ0) is 34.5. The van der Waals surface area contributed by atoms with Gasteiger partial charge in [-0.25, -0.2) is 4.79 Å². The van der Waals surface area contributed by atoms with Crippen LogP contribution in [0.4, 0.5) is 11.4 Å². The summed E-state index contributed by atoms with van der Waals surface area (Å²) in [7, 11) is 0. The Hall–Kier alpha value is -4.58. The molecule has 49 heavy (non-hydrogen) atoms. The van der Waals surface area contributed by atoms with Crippen LogP contribution in [0.2, 0.25) is 0 Å². The van der Waals surface area contributed by atoms with Crippen molar-refractivity contribution in [3.63, 3.8) is 0 Å². The van der Waals surface area contributed by atoms with E-state index in [1.165, 1.54) is 64.2 Å². The molecular formula is C43H54N2O4. The lowest BCUT2D eigenvalue weighted by Crippen LogP contribution is -2.30. The number of carbonyl (C=O) groups is 2. The Morgan fingerprint density at radius 2 is 1.18 bits per heavy atom. The molecule has 6 heteroatoms. The van der Waals surface area contributed by atoms with Crippen molar-refractivity contribution in [1.82, 2.24) is 0 Å². The van der Waals surface area contributed by atoms with E-state index in [1.54, 1.807) is 41.3 Å². The number of unbranched alkanes of at least 4 members (excludes halogenated alkanes) is 10. The highest BCUT2D eigenvalue weighted by Crippen LogP contribution is 2.24. The average molecular weight is 663 g/mol. The first kappa shape index (κ1) is 37.2. The van der Waals surface area contributed by atoms with E-state index in [1.807, 2.05) is 66.7 Å². The third kappa shape index (κ3) is 13.1. The summed E-state index contributed by atoms with van der Waals surface area (Å²) >= 11 is 0. The van der Waals surface area contributed by atoms with Crippen LogP contribution in [-0.2, 0) is 6.54 Å². The molecule has 0 aliphatic rings. The molecular weight excluding hydrogens is 608 g/mol. The average Bonchev–Trinajstić information content (AvgIpc) is 3.14. The maximum atomic E-state index is 14.0. The predicted molar refractivity (Wildman–Crippen MR) is 202 cm³/mol. The smallest absolute Gasteiger partial charge is 0.343 e. The first-order valence-corrected chi connectivity index (χ1v) is 18.3. The number of benzene rings is 4. The number of ether oxygens (including phenoxy) is 2. The van der Waals surface area contributed by atoms with Crippen molar-refractivity contribution in [2.75, 3.05) is 23.4 Å². The van der Waals surface area contributed by atoms with Gasteiger partial charge in [0.2, 0.25) is 0 Å². The number of para-hydroxylation sites is 1. The van der Waals surface area contributed by atoms with Gasteiger partial charge in [-0.1, -0.05) is 108 Å². The maximum Gasteiger partial charge on any atom is 0.343 e. The molecule has 260 valence electrons. The molecule has 0 atom stereocenters. The van der Waals surface area contributed by atoms with Crippen molar-refractivity contribution < 1.29 is 19.1 Å². The molecule has 0 saturated carbocycles. The van der Waals surface area contributed by atoms with E-state index in [0.29, 0.717) is 35.7 Å². The molecule has 0 bridgehead atoms. The van der Waals surface area contributed by atoms with Gasteiger partial charge in [0.1, 0.15) is 11.5 Å². The second-order valence-electron chi connectivity index (χ2n) is 12.7. The summed E-state index contributed by atoms with van der Waals surface area (Å²) in [4.78, 5) is 28.6. The summed E-state index contributed by atoms with van der Waals surface area (Å²) in [6.45, 7) is 6.46. The van der Waals surface area contributed by atoms with E-state index in [-0.39, 0.29) is 5.91 Å². The largest absolute Gasteiger partial charge is 0.494 e. The van der Waals surface area contributed by atoms with Crippen LogP contribution in [0.3, 0.4) is 0 Å². The van der Waals surface area contributed by atoms with Gasteiger partial charge in [0.05, 0.1) is 18.7 Å². The van der Waals surface area contributed by atoms with Gasteiger partial charge in [0.15, 0.2) is 0 Å². The van der Waals surface area contributed by atoms with Crippen LogP contribution in [0, 0.1) is 0 Å². The van der Waals surface area contributed by atoms with E-state index in [9.17, 15) is 9.59 Å². The van der Waals surface area contributed by atoms with E-state index in [0.717, 1.165) is 36.4 Å². The van der Waals surface area contributed by atoms with Gasteiger partial charge in [-0.2, -0.15) is 0 Å². The van der Waals surface area contributed by atoms with Gasteiger partial charge >= 0.3 is 5.97 Å². The van der Waals surface area contributed by atoms with Gasteiger partial charge in [-0.05, 0) is 91.2 Å². The first-order chi connectivity index (χ1) is 24.1. The zero-order valence-corrected chi connectivity index (χ0v) is 29.5. The quantitative estimate of drug-likeness (QED) is 0.0515. The first-order valence-electron chi connectivity index (χ1n) is 18.3. The van der Waals surface area contributed by atoms with Gasteiger partial charge in [0.25, 0.3) is 5.91 Å². The van der Waals surface area contributed by atoms with Gasteiger partial charge < -0.3 is 19.7 Å². The Kier molecular flexibility index (Phi) is 16.3. The van der Waals surface area contributed by atoms with E-state index in [2.05, 4.69) is 19.2 Å². The molecule has 0 aliphatic carbocycles. The van der Waals surface area contributed by atoms with Crippen LogP contribution in [-0.4, -0.2) is 25.0 Å². The Morgan fingerprint density at radius 3 is 1.84 bits per heavy atom. The molecule has 0 unspecified atom stereocenters.